The largest absolute Gasteiger partial charge is 0.495 e. The van der Waals surface area contributed by atoms with Crippen molar-refractivity contribution in [3.8, 4) is 22.9 Å². The molecule has 3 aliphatic rings. The summed E-state index contributed by atoms with van der Waals surface area (Å²) in [7, 11) is 1.53. The number of likely N-dealkylation sites (tertiary alicyclic amines) is 1. The maximum Gasteiger partial charge on any atom is 0.413 e. The molecule has 2 aromatic heterocycles. The Morgan fingerprint density at radius 1 is 1.07 bits per heavy atom. The average molecular weight is 886 g/mol. The van der Waals surface area contributed by atoms with E-state index in [0.29, 0.717) is 38.3 Å². The van der Waals surface area contributed by atoms with Gasteiger partial charge in [0.2, 0.25) is 11.8 Å². The van der Waals surface area contributed by atoms with Crippen molar-refractivity contribution in [2.45, 2.75) is 109 Å². The number of nitrogens with zero attached hydrogens (tertiary/aromatic N) is 3. The Morgan fingerprint density at radius 2 is 1.79 bits per heavy atom. The van der Waals surface area contributed by atoms with Crippen LogP contribution in [-0.2, 0) is 23.9 Å². The van der Waals surface area contributed by atoms with Crippen molar-refractivity contribution >= 4 is 73.3 Å². The predicted molar refractivity (Wildman–Crippen MR) is 219 cm³/mol. The van der Waals surface area contributed by atoms with Crippen LogP contribution in [0.2, 0.25) is 0 Å². The molecule has 5 atom stereocenters. The van der Waals surface area contributed by atoms with Gasteiger partial charge in [-0.1, -0.05) is 26.8 Å². The molecule has 16 nitrogen and oxygen atoms in total. The number of aliphatic carboxylic acids is 1. The molecule has 4 N–H and O–H groups in total. The van der Waals surface area contributed by atoms with Crippen molar-refractivity contribution in [3.63, 3.8) is 0 Å². The van der Waals surface area contributed by atoms with Crippen LogP contribution < -0.4 is 25.4 Å². The molecule has 6 rings (SSSR count). The van der Waals surface area contributed by atoms with Gasteiger partial charge in [-0.25, -0.2) is 24.4 Å². The second-order valence-electron chi connectivity index (χ2n) is 16.1. The second kappa shape index (κ2) is 17.1. The highest BCUT2D eigenvalue weighted by Crippen LogP contribution is 2.45. The first-order valence-corrected chi connectivity index (χ1v) is 20.8. The molecule has 1 unspecified atom stereocenters. The molecule has 2 aliphatic carbocycles. The van der Waals surface area contributed by atoms with Crippen LogP contribution in [0.15, 0.2) is 40.7 Å². The number of halogens is 1. The van der Waals surface area contributed by atoms with Gasteiger partial charge in [0.15, 0.2) is 5.13 Å². The van der Waals surface area contributed by atoms with Crippen LogP contribution in [0.3, 0.4) is 0 Å². The van der Waals surface area contributed by atoms with E-state index in [2.05, 4.69) is 43.4 Å². The smallest absolute Gasteiger partial charge is 0.413 e. The number of alkyl carbamates (subject to hydrolysis) is 1. The molecule has 1 aromatic carbocycles. The van der Waals surface area contributed by atoms with Gasteiger partial charge in [0.05, 0.1) is 35.4 Å². The van der Waals surface area contributed by atoms with Crippen molar-refractivity contribution in [1.82, 2.24) is 25.5 Å². The van der Waals surface area contributed by atoms with Crippen LogP contribution in [0, 0.1) is 11.3 Å². The Kier molecular flexibility index (Phi) is 12.6. The highest BCUT2D eigenvalue weighted by atomic mass is 79.9. The third-order valence-electron chi connectivity index (χ3n) is 10.5. The summed E-state index contributed by atoms with van der Waals surface area (Å²) in [4.78, 5) is 77.4. The number of nitrogens with one attached hydrogen (secondary N) is 3. The van der Waals surface area contributed by atoms with Crippen LogP contribution in [0.5, 0.6) is 11.5 Å². The number of fused-ring (bicyclic) bond motifs is 1. The third-order valence-corrected chi connectivity index (χ3v) is 12.0. The average Bonchev–Trinajstić information content (AvgIpc) is 3.56. The summed E-state index contributed by atoms with van der Waals surface area (Å²) in [5, 5.41) is 20.8. The zero-order valence-electron chi connectivity index (χ0n) is 33.3. The van der Waals surface area contributed by atoms with Crippen LogP contribution in [0.4, 0.5) is 14.7 Å². The number of hydrogen-bond acceptors (Lipinski definition) is 12. The van der Waals surface area contributed by atoms with E-state index in [0.717, 1.165) is 25.7 Å². The fourth-order valence-corrected chi connectivity index (χ4v) is 8.66. The summed E-state index contributed by atoms with van der Waals surface area (Å²) >= 11 is 4.79. The number of carboxylic acid groups (broad SMARTS) is 1. The lowest BCUT2D eigenvalue weighted by molar-refractivity contribution is -0.146. The number of rotatable bonds is 13. The lowest BCUT2D eigenvalue weighted by Crippen LogP contribution is -2.59. The van der Waals surface area contributed by atoms with Gasteiger partial charge in [0.25, 0.3) is 0 Å². The number of anilines is 1. The maximum absolute atomic E-state index is 14.6. The van der Waals surface area contributed by atoms with Crippen molar-refractivity contribution in [2.75, 3.05) is 19.0 Å². The van der Waals surface area contributed by atoms with Gasteiger partial charge >= 0.3 is 18.2 Å². The van der Waals surface area contributed by atoms with E-state index >= 15 is 0 Å². The molecule has 1 saturated heterocycles. The minimum absolute atomic E-state index is 0.00534. The zero-order valence-corrected chi connectivity index (χ0v) is 35.7. The van der Waals surface area contributed by atoms with Crippen molar-refractivity contribution in [3.05, 3.63) is 40.7 Å². The fourth-order valence-electron chi connectivity index (χ4n) is 7.37. The Morgan fingerprint density at radius 3 is 2.41 bits per heavy atom. The molecule has 18 heteroatoms. The molecule has 0 bridgehead atoms. The summed E-state index contributed by atoms with van der Waals surface area (Å²) < 4.78 is 23.6. The number of carbonyl (C=O) groups excluding carboxylic acids is 4. The fraction of sp³-hybridized carbons (Fsp3) is 0.525. The molecule has 3 aromatic rings. The molecule has 0 spiro atoms. The van der Waals surface area contributed by atoms with Crippen LogP contribution in [0.25, 0.3) is 22.3 Å². The standard InChI is InChI=1S/C40H49BrN6O10S/c1-8-21-17-40(21,35(50)51)46-33(48)27-15-23(18-47(27)34(49)32(39(4,5)6)44-37(52)57-22-11-9-10-12-22)56-29-16-25(42-31-24(29)13-14-28(54-7)30(31)41)26-19-58-36(43-26)45-38(53)55-20(2)3/h8,13-14,16,19-23,27,32H,1,9-12,15,17-18H2,2-7H3,(H,44,52)(H,46,48)(H,50,51)(H,43,45,53)/t21-,23-,27-,32?,40-/m1/s1. The third kappa shape index (κ3) is 9.17. The molecular formula is C40H49BrN6O10S. The highest BCUT2D eigenvalue weighted by molar-refractivity contribution is 9.10. The first kappa shape index (κ1) is 42.6. The van der Waals surface area contributed by atoms with Gasteiger partial charge in [-0.05, 0) is 79.4 Å². The van der Waals surface area contributed by atoms with Crippen molar-refractivity contribution in [2.24, 2.45) is 11.3 Å². The van der Waals surface area contributed by atoms with Gasteiger partial charge in [-0.3, -0.25) is 14.9 Å². The van der Waals surface area contributed by atoms with E-state index < -0.39 is 65.0 Å². The van der Waals surface area contributed by atoms with Crippen LogP contribution in [0.1, 0.15) is 73.1 Å². The molecular weight excluding hydrogens is 836 g/mol. The van der Waals surface area contributed by atoms with Crippen molar-refractivity contribution in [1.29, 1.82) is 0 Å². The number of carbonyl (C=O) groups is 5. The monoisotopic (exact) mass is 884 g/mol. The first-order chi connectivity index (χ1) is 27.4. The second-order valence-corrected chi connectivity index (χ2v) is 17.8. The van der Waals surface area contributed by atoms with Gasteiger partial charge in [0.1, 0.15) is 47.0 Å². The van der Waals surface area contributed by atoms with Crippen molar-refractivity contribution < 1.29 is 48.0 Å². The number of thiazole rings is 1. The molecule has 58 heavy (non-hydrogen) atoms. The van der Waals surface area contributed by atoms with E-state index in [-0.39, 0.29) is 36.7 Å². The number of aromatic nitrogens is 2. The molecule has 2 saturated carbocycles. The number of methoxy groups -OCH3 is 1. The first-order valence-electron chi connectivity index (χ1n) is 19.2. The molecule has 3 fully saturated rings. The molecule has 1 aliphatic heterocycles. The summed E-state index contributed by atoms with van der Waals surface area (Å²) in [6, 6.07) is 2.94. The summed E-state index contributed by atoms with van der Waals surface area (Å²) in [6.45, 7) is 12.5. The van der Waals surface area contributed by atoms with E-state index in [1.165, 1.54) is 29.4 Å². The number of hydrogen-bond donors (Lipinski definition) is 4. The Hall–Kier alpha value is -4.97. The number of carboxylic acids is 1. The minimum atomic E-state index is -1.55. The summed E-state index contributed by atoms with van der Waals surface area (Å²) in [6.07, 6.45) is 2.32. The minimum Gasteiger partial charge on any atom is -0.495 e. The topological polar surface area (TPSA) is 208 Å². The lowest BCUT2D eigenvalue weighted by Gasteiger charge is -2.35. The Balaban J connectivity index is 1.33. The lowest BCUT2D eigenvalue weighted by atomic mass is 9.85. The van der Waals surface area contributed by atoms with Crippen LogP contribution >= 0.6 is 27.3 Å². The summed E-state index contributed by atoms with van der Waals surface area (Å²) in [5.74, 6) is -2.04. The maximum atomic E-state index is 14.6. The van der Waals surface area contributed by atoms with E-state index in [9.17, 15) is 29.1 Å². The Labute approximate surface area is 348 Å². The van der Waals surface area contributed by atoms with Gasteiger partial charge in [-0.2, -0.15) is 0 Å². The number of benzene rings is 1. The number of pyridine rings is 1. The predicted octanol–water partition coefficient (Wildman–Crippen LogP) is 6.66. The molecule has 3 heterocycles. The van der Waals surface area contributed by atoms with E-state index in [4.69, 9.17) is 23.9 Å². The van der Waals surface area contributed by atoms with Gasteiger partial charge < -0.3 is 39.6 Å². The highest BCUT2D eigenvalue weighted by Gasteiger charge is 2.61. The Bertz CT molecular complexity index is 2100. The van der Waals surface area contributed by atoms with Gasteiger partial charge in [-0.15, -0.1) is 17.9 Å². The molecule has 4 amide bonds. The SMILES string of the molecule is C=C[C@@H]1C[C@]1(NC(=O)[C@H]1C[C@@H](Oc2cc(-c3csc(NC(=O)OC(C)C)n3)nc3c(Br)c(OC)ccc23)CN1C(=O)C(NC(=O)OC1CCCC1)C(C)(C)C)C(=O)O. The summed E-state index contributed by atoms with van der Waals surface area (Å²) in [5.41, 5.74) is -1.07. The normalized spacial score (nSPS) is 22.3. The van der Waals surface area contributed by atoms with E-state index in [1.54, 1.807) is 58.2 Å². The number of ether oxygens (including phenoxy) is 4. The van der Waals surface area contributed by atoms with Gasteiger partial charge in [0, 0.05) is 29.2 Å². The zero-order chi connectivity index (χ0) is 42.1. The molecule has 312 valence electrons. The van der Waals surface area contributed by atoms with Crippen LogP contribution in [-0.4, -0.2) is 99.5 Å². The molecule has 0 radical (unpaired) electrons. The quantitative estimate of drug-likeness (QED) is 0.133. The number of amides is 4. The van der Waals surface area contributed by atoms with E-state index in [1.807, 2.05) is 0 Å².